The van der Waals surface area contributed by atoms with Gasteiger partial charge in [-0.25, -0.2) is 4.39 Å². The van der Waals surface area contributed by atoms with Gasteiger partial charge in [0, 0.05) is 29.3 Å². The lowest BCUT2D eigenvalue weighted by Crippen LogP contribution is -2.15. The Morgan fingerprint density at radius 2 is 1.93 bits per heavy atom. The quantitative estimate of drug-likeness (QED) is 0.476. The summed E-state index contributed by atoms with van der Waals surface area (Å²) in [4.78, 5) is 15.4. The molecule has 1 amide bonds. The van der Waals surface area contributed by atoms with Gasteiger partial charge in [-0.05, 0) is 48.4 Å². The molecule has 2 heterocycles. The highest BCUT2D eigenvalue weighted by Gasteiger charge is 2.09. The average Bonchev–Trinajstić information content (AvgIpc) is 3.12. The maximum absolute atomic E-state index is 13.2. The predicted molar refractivity (Wildman–Crippen MR) is 107 cm³/mol. The van der Waals surface area contributed by atoms with Gasteiger partial charge < -0.3 is 15.6 Å². The predicted octanol–water partition coefficient (Wildman–Crippen LogP) is 4.00. The molecule has 0 aliphatic carbocycles. The van der Waals surface area contributed by atoms with Crippen molar-refractivity contribution in [3.05, 3.63) is 83.9 Å². The fourth-order valence-electron chi connectivity index (χ4n) is 2.97. The van der Waals surface area contributed by atoms with E-state index in [1.807, 2.05) is 24.4 Å². The van der Waals surface area contributed by atoms with E-state index in [9.17, 15) is 9.18 Å². The van der Waals surface area contributed by atoms with Gasteiger partial charge in [-0.1, -0.05) is 24.3 Å². The fraction of sp³-hybridized carbons (Fsp3) is 0.0952. The summed E-state index contributed by atoms with van der Waals surface area (Å²) in [6.45, 7) is 0.686. The zero-order chi connectivity index (χ0) is 19.3. The van der Waals surface area contributed by atoms with Gasteiger partial charge >= 0.3 is 0 Å². The van der Waals surface area contributed by atoms with Crippen LogP contribution in [0, 0.1) is 5.82 Å². The third-order valence-electron chi connectivity index (χ3n) is 4.36. The summed E-state index contributed by atoms with van der Waals surface area (Å²) in [5.41, 5.74) is 2.87. The summed E-state index contributed by atoms with van der Waals surface area (Å²) >= 11 is 0. The Morgan fingerprint density at radius 3 is 2.75 bits per heavy atom. The van der Waals surface area contributed by atoms with Crippen LogP contribution in [-0.2, 0) is 6.42 Å². The second-order valence-electron chi connectivity index (χ2n) is 6.30. The first kappa shape index (κ1) is 17.7. The van der Waals surface area contributed by atoms with Gasteiger partial charge in [-0.15, -0.1) is 10.2 Å². The molecule has 3 N–H and O–H groups in total. The van der Waals surface area contributed by atoms with Gasteiger partial charge in [0.2, 0.25) is 0 Å². The first-order chi connectivity index (χ1) is 13.7. The second kappa shape index (κ2) is 7.87. The van der Waals surface area contributed by atoms with E-state index in [0.717, 1.165) is 11.9 Å². The fourth-order valence-corrected chi connectivity index (χ4v) is 2.97. The number of hydrogen-bond donors (Lipinski definition) is 3. The summed E-state index contributed by atoms with van der Waals surface area (Å²) in [5.74, 6) is -0.274. The molecule has 7 heteroatoms. The zero-order valence-electron chi connectivity index (χ0n) is 14.9. The maximum atomic E-state index is 13.2. The molecule has 0 spiro atoms. The number of nitrogens with zero attached hydrogens (tertiary/aromatic N) is 2. The van der Waals surface area contributed by atoms with Crippen LogP contribution in [0.25, 0.3) is 10.9 Å². The molecule has 4 rings (SSSR count). The van der Waals surface area contributed by atoms with Crippen LogP contribution < -0.4 is 10.6 Å². The maximum Gasteiger partial charge on any atom is 0.276 e. The van der Waals surface area contributed by atoms with Crippen molar-refractivity contribution in [3.63, 3.8) is 0 Å². The van der Waals surface area contributed by atoms with Gasteiger partial charge in [0.05, 0.1) is 0 Å². The van der Waals surface area contributed by atoms with E-state index in [1.165, 1.54) is 29.1 Å². The van der Waals surface area contributed by atoms with Crippen molar-refractivity contribution in [2.75, 3.05) is 17.2 Å². The molecular weight excluding hydrogens is 357 g/mol. The molecule has 0 bridgehead atoms. The molecule has 2 aromatic heterocycles. The van der Waals surface area contributed by atoms with Crippen LogP contribution in [0.5, 0.6) is 0 Å². The van der Waals surface area contributed by atoms with Gasteiger partial charge in [-0.3, -0.25) is 4.79 Å². The van der Waals surface area contributed by atoms with Gasteiger partial charge in [-0.2, -0.15) is 0 Å². The summed E-state index contributed by atoms with van der Waals surface area (Å²) < 4.78 is 13.2. The highest BCUT2D eigenvalue weighted by Crippen LogP contribution is 2.18. The Hall–Kier alpha value is -3.74. The molecule has 0 saturated heterocycles. The number of anilines is 2. The minimum atomic E-state index is -0.441. The van der Waals surface area contributed by atoms with Gasteiger partial charge in [0.15, 0.2) is 5.69 Å². The number of aromatic amines is 1. The van der Waals surface area contributed by atoms with Crippen molar-refractivity contribution in [1.82, 2.24) is 15.2 Å². The normalized spacial score (nSPS) is 10.8. The van der Waals surface area contributed by atoms with Crippen LogP contribution in [0.15, 0.2) is 66.9 Å². The molecule has 0 aliphatic rings. The van der Waals surface area contributed by atoms with Crippen LogP contribution in [0.4, 0.5) is 15.9 Å². The molecular formula is C21H18FN5O. The standard InChI is InChI=1S/C21H18FN5O/c22-15-4-3-5-16(12-15)25-21(28)19-8-9-20(27-26-19)23-11-10-14-13-24-18-7-2-1-6-17(14)18/h1-9,12-13,24H,10-11H2,(H,23,27)(H,25,28). The molecule has 0 saturated carbocycles. The Balaban J connectivity index is 1.33. The molecule has 0 atom stereocenters. The highest BCUT2D eigenvalue weighted by atomic mass is 19.1. The molecule has 4 aromatic rings. The smallest absolute Gasteiger partial charge is 0.276 e. The molecule has 6 nitrogen and oxygen atoms in total. The number of amides is 1. The van der Waals surface area contributed by atoms with Gasteiger partial charge in [0.1, 0.15) is 11.6 Å². The lowest BCUT2D eigenvalue weighted by Gasteiger charge is -2.06. The molecule has 0 unspecified atom stereocenters. The van der Waals surface area contributed by atoms with E-state index < -0.39 is 11.7 Å². The van der Waals surface area contributed by atoms with Crippen LogP contribution in [0.2, 0.25) is 0 Å². The largest absolute Gasteiger partial charge is 0.368 e. The molecule has 28 heavy (non-hydrogen) atoms. The van der Waals surface area contributed by atoms with Crippen LogP contribution in [0.3, 0.4) is 0 Å². The van der Waals surface area contributed by atoms with Crippen molar-refractivity contribution in [3.8, 4) is 0 Å². The molecule has 0 radical (unpaired) electrons. The first-order valence-electron chi connectivity index (χ1n) is 8.88. The lowest BCUT2D eigenvalue weighted by molar-refractivity contribution is 0.102. The van der Waals surface area contributed by atoms with Crippen molar-refractivity contribution in [2.45, 2.75) is 6.42 Å². The Morgan fingerprint density at radius 1 is 1.04 bits per heavy atom. The average molecular weight is 375 g/mol. The van der Waals surface area contributed by atoms with Crippen LogP contribution in [-0.4, -0.2) is 27.6 Å². The number of nitrogens with one attached hydrogen (secondary N) is 3. The van der Waals surface area contributed by atoms with E-state index in [1.54, 1.807) is 18.2 Å². The number of fused-ring (bicyclic) bond motifs is 1. The van der Waals surface area contributed by atoms with E-state index in [2.05, 4.69) is 31.9 Å². The van der Waals surface area contributed by atoms with Gasteiger partial charge in [0.25, 0.3) is 5.91 Å². The molecule has 2 aromatic carbocycles. The summed E-state index contributed by atoms with van der Waals surface area (Å²) in [5, 5.41) is 15.0. The van der Waals surface area contributed by atoms with Crippen molar-refractivity contribution in [2.24, 2.45) is 0 Å². The summed E-state index contributed by atoms with van der Waals surface area (Å²) in [6, 6.07) is 17.1. The van der Waals surface area contributed by atoms with E-state index >= 15 is 0 Å². The monoisotopic (exact) mass is 375 g/mol. The third-order valence-corrected chi connectivity index (χ3v) is 4.36. The Bertz CT molecular complexity index is 1110. The first-order valence-corrected chi connectivity index (χ1v) is 8.88. The minimum absolute atomic E-state index is 0.159. The summed E-state index contributed by atoms with van der Waals surface area (Å²) in [7, 11) is 0. The number of rotatable bonds is 6. The third kappa shape index (κ3) is 3.98. The SMILES string of the molecule is O=C(Nc1cccc(F)c1)c1ccc(NCCc2c[nH]c3ccccc23)nn1. The highest BCUT2D eigenvalue weighted by molar-refractivity contribution is 6.02. The number of H-pyrrole nitrogens is 1. The summed E-state index contributed by atoms with van der Waals surface area (Å²) in [6.07, 6.45) is 2.84. The Kier molecular flexibility index (Phi) is 4.97. The molecule has 0 fully saturated rings. The molecule has 0 aliphatic heterocycles. The number of halogens is 1. The van der Waals surface area contributed by atoms with Crippen molar-refractivity contribution in [1.29, 1.82) is 0 Å². The number of aromatic nitrogens is 3. The minimum Gasteiger partial charge on any atom is -0.368 e. The number of para-hydroxylation sites is 1. The van der Waals surface area contributed by atoms with Crippen molar-refractivity contribution < 1.29 is 9.18 Å². The number of hydrogen-bond acceptors (Lipinski definition) is 4. The number of carbonyl (C=O) groups excluding carboxylic acids is 1. The van der Waals surface area contributed by atoms with Crippen LogP contribution >= 0.6 is 0 Å². The van der Waals surface area contributed by atoms with E-state index in [-0.39, 0.29) is 5.69 Å². The van der Waals surface area contributed by atoms with Crippen molar-refractivity contribution >= 4 is 28.3 Å². The molecule has 140 valence electrons. The Labute approximate surface area is 160 Å². The van der Waals surface area contributed by atoms with E-state index in [0.29, 0.717) is 18.1 Å². The number of carbonyl (C=O) groups is 1. The second-order valence-corrected chi connectivity index (χ2v) is 6.30. The zero-order valence-corrected chi connectivity index (χ0v) is 14.9. The van der Waals surface area contributed by atoms with E-state index in [4.69, 9.17) is 0 Å². The number of benzene rings is 2. The van der Waals surface area contributed by atoms with Crippen LogP contribution in [0.1, 0.15) is 16.1 Å². The topological polar surface area (TPSA) is 82.7 Å². The lowest BCUT2D eigenvalue weighted by atomic mass is 10.1.